The second-order valence-corrected chi connectivity index (χ2v) is 4.94. The molecule has 0 aliphatic carbocycles. The molecule has 2 rings (SSSR count). The normalized spacial score (nSPS) is 11.6. The molecule has 1 aromatic carbocycles. The van der Waals surface area contributed by atoms with Crippen molar-refractivity contribution < 1.29 is 19.1 Å². The van der Waals surface area contributed by atoms with Crippen molar-refractivity contribution in [1.82, 2.24) is 15.6 Å². The summed E-state index contributed by atoms with van der Waals surface area (Å²) in [5, 5.41) is 4.94. The maximum Gasteiger partial charge on any atom is 0.339 e. The Hall–Kier alpha value is -2.96. The van der Waals surface area contributed by atoms with E-state index in [1.807, 2.05) is 6.07 Å². The molecule has 7 heteroatoms. The Bertz CT molecular complexity index is 773. The topological polar surface area (TPSA) is 97.4 Å². The Labute approximate surface area is 133 Å². The van der Waals surface area contributed by atoms with E-state index in [2.05, 4.69) is 15.6 Å². The lowest BCUT2D eigenvalue weighted by Crippen LogP contribution is -2.43. The molecule has 1 atom stereocenters. The van der Waals surface area contributed by atoms with Crippen molar-refractivity contribution in [2.45, 2.75) is 20.0 Å². The number of esters is 1. The predicted octanol–water partition coefficient (Wildman–Crippen LogP) is 1.54. The van der Waals surface area contributed by atoms with Crippen LogP contribution in [0.2, 0.25) is 0 Å². The molecule has 23 heavy (non-hydrogen) atoms. The summed E-state index contributed by atoms with van der Waals surface area (Å²) in [6.07, 6.45) is -1.10. The summed E-state index contributed by atoms with van der Waals surface area (Å²) < 4.78 is 5.15. The van der Waals surface area contributed by atoms with Crippen LogP contribution >= 0.6 is 0 Å². The zero-order valence-electron chi connectivity index (χ0n) is 13.0. The summed E-state index contributed by atoms with van der Waals surface area (Å²) in [5.74, 6) is -1.35. The van der Waals surface area contributed by atoms with Gasteiger partial charge in [0.25, 0.3) is 5.91 Å². The van der Waals surface area contributed by atoms with Crippen LogP contribution in [-0.4, -0.2) is 36.0 Å². The van der Waals surface area contributed by atoms with E-state index in [9.17, 15) is 14.4 Å². The van der Waals surface area contributed by atoms with E-state index in [1.165, 1.54) is 14.0 Å². The molecule has 2 aromatic rings. The molecule has 0 saturated heterocycles. The fraction of sp³-hybridized carbons (Fsp3) is 0.250. The van der Waals surface area contributed by atoms with Gasteiger partial charge in [0.05, 0.1) is 11.1 Å². The zero-order chi connectivity index (χ0) is 17.0. The number of ether oxygens (including phenoxy) is 1. The number of carbonyl (C=O) groups excluding carboxylic acids is 3. The van der Waals surface area contributed by atoms with Gasteiger partial charge in [-0.2, -0.15) is 0 Å². The molecule has 0 radical (unpaired) electrons. The molecule has 0 aliphatic rings. The Balaban J connectivity index is 2.21. The number of pyridine rings is 1. The van der Waals surface area contributed by atoms with Gasteiger partial charge in [0, 0.05) is 18.1 Å². The largest absolute Gasteiger partial charge is 0.449 e. The van der Waals surface area contributed by atoms with E-state index in [0.717, 1.165) is 0 Å². The van der Waals surface area contributed by atoms with Gasteiger partial charge in [-0.1, -0.05) is 18.2 Å². The molecule has 7 nitrogen and oxygen atoms in total. The summed E-state index contributed by atoms with van der Waals surface area (Å²) in [4.78, 5) is 39.6. The van der Waals surface area contributed by atoms with Gasteiger partial charge in [-0.25, -0.2) is 9.59 Å². The molecular weight excluding hydrogens is 298 g/mol. The Morgan fingerprint density at radius 2 is 1.91 bits per heavy atom. The van der Waals surface area contributed by atoms with Gasteiger partial charge in [0.1, 0.15) is 0 Å². The summed E-state index contributed by atoms with van der Waals surface area (Å²) >= 11 is 0. The van der Waals surface area contributed by atoms with Crippen LogP contribution < -0.4 is 10.6 Å². The maximum atomic E-state index is 12.4. The standard InChI is InChI=1S/C16H17N3O4/c1-9-8-12(11-6-4-5-7-13(11)18-9)15(21)23-10(2)14(20)19-16(22)17-3/h4-8,10H,1-3H3,(H2,17,19,20,22)/t10-/m0/s1. The van der Waals surface area contributed by atoms with Gasteiger partial charge in [-0.15, -0.1) is 0 Å². The van der Waals surface area contributed by atoms with Gasteiger partial charge >= 0.3 is 12.0 Å². The first kappa shape index (κ1) is 16.4. The van der Waals surface area contributed by atoms with Gasteiger partial charge in [-0.3, -0.25) is 15.1 Å². The number of nitrogens with zero attached hydrogens (tertiary/aromatic N) is 1. The van der Waals surface area contributed by atoms with E-state index in [-0.39, 0.29) is 0 Å². The monoisotopic (exact) mass is 315 g/mol. The third-order valence-electron chi connectivity index (χ3n) is 3.18. The number of rotatable bonds is 3. The summed E-state index contributed by atoms with van der Waals surface area (Å²) in [5.41, 5.74) is 1.66. The number of amides is 3. The van der Waals surface area contributed by atoms with Crippen LogP contribution in [0.25, 0.3) is 10.9 Å². The van der Waals surface area contributed by atoms with Crippen LogP contribution in [0.4, 0.5) is 4.79 Å². The average molecular weight is 315 g/mol. The van der Waals surface area contributed by atoms with Crippen molar-refractivity contribution >= 4 is 28.8 Å². The lowest BCUT2D eigenvalue weighted by molar-refractivity contribution is -0.127. The number of hydrogen-bond acceptors (Lipinski definition) is 5. The van der Waals surface area contributed by atoms with Gasteiger partial charge < -0.3 is 10.1 Å². The van der Waals surface area contributed by atoms with E-state index >= 15 is 0 Å². The summed E-state index contributed by atoms with van der Waals surface area (Å²) in [7, 11) is 1.38. The van der Waals surface area contributed by atoms with Crippen LogP contribution in [0.15, 0.2) is 30.3 Å². The van der Waals surface area contributed by atoms with Crippen molar-refractivity contribution in [3.63, 3.8) is 0 Å². The molecule has 3 amide bonds. The fourth-order valence-corrected chi connectivity index (χ4v) is 2.03. The number of benzene rings is 1. The van der Waals surface area contributed by atoms with Crippen molar-refractivity contribution in [3.8, 4) is 0 Å². The number of para-hydroxylation sites is 1. The molecule has 0 spiro atoms. The number of aromatic nitrogens is 1. The molecule has 0 bridgehead atoms. The molecule has 0 unspecified atom stereocenters. The Morgan fingerprint density at radius 3 is 2.61 bits per heavy atom. The highest BCUT2D eigenvalue weighted by molar-refractivity contribution is 6.05. The first-order chi connectivity index (χ1) is 10.9. The molecule has 0 fully saturated rings. The third kappa shape index (κ3) is 3.82. The minimum Gasteiger partial charge on any atom is -0.449 e. The van der Waals surface area contributed by atoms with Crippen molar-refractivity contribution in [1.29, 1.82) is 0 Å². The summed E-state index contributed by atoms with van der Waals surface area (Å²) in [6.45, 7) is 3.16. The third-order valence-corrected chi connectivity index (χ3v) is 3.18. The Kier molecular flexibility index (Phi) is 4.90. The lowest BCUT2D eigenvalue weighted by atomic mass is 10.1. The molecule has 0 aliphatic heterocycles. The average Bonchev–Trinajstić information content (AvgIpc) is 2.53. The lowest BCUT2D eigenvalue weighted by Gasteiger charge is -2.14. The van der Waals surface area contributed by atoms with Crippen molar-refractivity contribution in [3.05, 3.63) is 41.6 Å². The molecule has 1 aromatic heterocycles. The summed E-state index contributed by atoms with van der Waals surface area (Å²) in [6, 6.07) is 8.10. The zero-order valence-corrected chi connectivity index (χ0v) is 13.0. The first-order valence-corrected chi connectivity index (χ1v) is 7.02. The second-order valence-electron chi connectivity index (χ2n) is 4.94. The van der Waals surface area contributed by atoms with Crippen LogP contribution in [0.1, 0.15) is 23.0 Å². The highest BCUT2D eigenvalue weighted by Crippen LogP contribution is 2.19. The molecule has 120 valence electrons. The minimum atomic E-state index is -1.10. The predicted molar refractivity (Wildman–Crippen MR) is 84.0 cm³/mol. The minimum absolute atomic E-state index is 0.327. The van der Waals surface area contributed by atoms with E-state index in [0.29, 0.717) is 22.2 Å². The fourth-order valence-electron chi connectivity index (χ4n) is 2.03. The number of hydrogen-bond donors (Lipinski definition) is 2. The number of nitrogens with one attached hydrogen (secondary N) is 2. The maximum absolute atomic E-state index is 12.4. The van der Waals surface area contributed by atoms with Gasteiger partial charge in [0.15, 0.2) is 6.10 Å². The highest BCUT2D eigenvalue weighted by atomic mass is 16.5. The van der Waals surface area contributed by atoms with Crippen LogP contribution in [0.5, 0.6) is 0 Å². The SMILES string of the molecule is CNC(=O)NC(=O)[C@H](C)OC(=O)c1cc(C)nc2ccccc12. The number of aryl methyl sites for hydroxylation is 1. The Morgan fingerprint density at radius 1 is 1.22 bits per heavy atom. The molecule has 2 N–H and O–H groups in total. The van der Waals surface area contributed by atoms with Crippen molar-refractivity contribution in [2.24, 2.45) is 0 Å². The number of urea groups is 1. The smallest absolute Gasteiger partial charge is 0.339 e. The number of imide groups is 1. The quantitative estimate of drug-likeness (QED) is 0.837. The highest BCUT2D eigenvalue weighted by Gasteiger charge is 2.22. The van der Waals surface area contributed by atoms with E-state index in [4.69, 9.17) is 4.74 Å². The van der Waals surface area contributed by atoms with Gasteiger partial charge in [-0.05, 0) is 26.0 Å². The van der Waals surface area contributed by atoms with Crippen LogP contribution in [-0.2, 0) is 9.53 Å². The van der Waals surface area contributed by atoms with Gasteiger partial charge in [0.2, 0.25) is 0 Å². The van der Waals surface area contributed by atoms with E-state index in [1.54, 1.807) is 31.2 Å². The first-order valence-electron chi connectivity index (χ1n) is 7.02. The number of carbonyl (C=O) groups is 3. The molecule has 1 heterocycles. The van der Waals surface area contributed by atoms with E-state index < -0.39 is 24.0 Å². The molecule has 0 saturated carbocycles. The van der Waals surface area contributed by atoms with Crippen LogP contribution in [0.3, 0.4) is 0 Å². The second kappa shape index (κ2) is 6.87. The molecular formula is C16H17N3O4. The van der Waals surface area contributed by atoms with Crippen LogP contribution in [0, 0.1) is 6.92 Å². The number of fused-ring (bicyclic) bond motifs is 1. The van der Waals surface area contributed by atoms with Crippen molar-refractivity contribution in [2.75, 3.05) is 7.05 Å².